The minimum atomic E-state index is -2.17. The van der Waals surface area contributed by atoms with E-state index in [-0.39, 0.29) is 10.5 Å². The second-order valence-electron chi connectivity index (χ2n) is 16.1. The van der Waals surface area contributed by atoms with Crippen molar-refractivity contribution < 1.29 is 0 Å². The Labute approximate surface area is 295 Å². The van der Waals surface area contributed by atoms with Crippen LogP contribution in [0.2, 0.25) is 26.2 Å². The number of nitrogens with zero attached hydrogens (tertiary/aromatic N) is 2. The number of hydrogen-bond acceptors (Lipinski definition) is 3. The molecule has 0 saturated heterocycles. The quantitative estimate of drug-likeness (QED) is 0.171. The maximum absolute atomic E-state index is 5.03. The van der Waals surface area contributed by atoms with Gasteiger partial charge in [0.25, 0.3) is 0 Å². The Balaban J connectivity index is 1.34. The molecule has 0 fully saturated rings. The molecule has 2 aromatic heterocycles. The average molecular weight is 697 g/mol. The van der Waals surface area contributed by atoms with Gasteiger partial charge in [0.05, 0.1) is 29.3 Å². The number of para-hydroxylation sites is 2. The molecule has 0 radical (unpaired) electrons. The zero-order valence-corrected chi connectivity index (χ0v) is 33.2. The molecule has 0 amide bonds. The Morgan fingerprint density at radius 2 is 1.48 bits per heavy atom. The van der Waals surface area contributed by atoms with Gasteiger partial charge < -0.3 is 0 Å². The van der Waals surface area contributed by atoms with E-state index in [1.165, 1.54) is 53.0 Å². The topological polar surface area (TPSA) is 17.3 Å². The summed E-state index contributed by atoms with van der Waals surface area (Å²) in [5.41, 5.74) is 9.03. The summed E-state index contributed by atoms with van der Waals surface area (Å²) >= 11 is 3.85. The third kappa shape index (κ3) is 4.59. The molecule has 0 spiro atoms. The van der Waals surface area contributed by atoms with Crippen molar-refractivity contribution in [2.45, 2.75) is 81.1 Å². The van der Waals surface area contributed by atoms with Crippen LogP contribution < -0.4 is 15.6 Å². The summed E-state index contributed by atoms with van der Waals surface area (Å²) in [6.07, 6.45) is 0. The lowest BCUT2D eigenvalue weighted by molar-refractivity contribution is 0.592. The molecule has 242 valence electrons. The van der Waals surface area contributed by atoms with Gasteiger partial charge in [0.2, 0.25) is 0 Å². The molecule has 0 aliphatic carbocycles. The van der Waals surface area contributed by atoms with Crippen molar-refractivity contribution in [2.24, 2.45) is 0 Å². The molecule has 5 aromatic carbocycles. The summed E-state index contributed by atoms with van der Waals surface area (Å²) < 4.78 is 3.66. The van der Waals surface area contributed by atoms with Crippen molar-refractivity contribution in [3.63, 3.8) is 0 Å². The van der Waals surface area contributed by atoms with Crippen molar-refractivity contribution in [1.29, 1.82) is 0 Å². The van der Waals surface area contributed by atoms with Gasteiger partial charge in [-0.25, -0.2) is 4.98 Å². The standard InChI is InChI=1S/C42H44N2S2Si2/c1-41(2,3)30-25-24-27(26-29(30)28-16-14-20-34-38(28)46-40-43-32-18-11-12-19-33(32)44(34)40)47(6,7)36-22-15-23-37-39(36)45-35-21-13-10-17-31(35)42(4,5)48(37,8)9/h10-26H,1-9H3. The number of imidazole rings is 1. The van der Waals surface area contributed by atoms with E-state index in [0.717, 1.165) is 10.5 Å². The number of rotatable bonds is 3. The van der Waals surface area contributed by atoms with E-state index in [1.807, 2.05) is 23.1 Å². The van der Waals surface area contributed by atoms with Crippen LogP contribution in [-0.2, 0) is 10.5 Å². The lowest BCUT2D eigenvalue weighted by Gasteiger charge is -2.41. The Morgan fingerprint density at radius 1 is 0.771 bits per heavy atom. The van der Waals surface area contributed by atoms with Gasteiger partial charge in [-0.15, -0.1) is 0 Å². The lowest BCUT2D eigenvalue weighted by atomic mass is 9.82. The van der Waals surface area contributed by atoms with Gasteiger partial charge in [-0.3, -0.25) is 4.40 Å². The maximum atomic E-state index is 5.03. The van der Waals surface area contributed by atoms with E-state index in [0.29, 0.717) is 0 Å². The van der Waals surface area contributed by atoms with Gasteiger partial charge in [0.1, 0.15) is 8.07 Å². The van der Waals surface area contributed by atoms with E-state index < -0.39 is 16.1 Å². The second-order valence-corrected chi connectivity index (χ2v) is 27.6. The van der Waals surface area contributed by atoms with Crippen LogP contribution in [0.15, 0.2) is 113 Å². The molecule has 0 atom stereocenters. The summed E-state index contributed by atoms with van der Waals surface area (Å²) in [5, 5.41) is 4.78. The zero-order chi connectivity index (χ0) is 33.8. The minimum absolute atomic E-state index is 0.00354. The molecule has 0 saturated carbocycles. The summed E-state index contributed by atoms with van der Waals surface area (Å²) in [6.45, 7) is 22.4. The van der Waals surface area contributed by atoms with Gasteiger partial charge in [0.15, 0.2) is 4.96 Å². The largest absolute Gasteiger partial charge is 0.283 e. The predicted octanol–water partition coefficient (Wildman–Crippen LogP) is 10.4. The summed E-state index contributed by atoms with van der Waals surface area (Å²) in [6, 6.07) is 39.3. The number of fused-ring (bicyclic) bond motifs is 7. The van der Waals surface area contributed by atoms with Gasteiger partial charge >= 0.3 is 0 Å². The Hall–Kier alpha value is -3.43. The van der Waals surface area contributed by atoms with Crippen LogP contribution in [0.1, 0.15) is 45.7 Å². The molecular weight excluding hydrogens is 653 g/mol. The van der Waals surface area contributed by atoms with Gasteiger partial charge in [0, 0.05) is 15.4 Å². The van der Waals surface area contributed by atoms with Gasteiger partial charge in [-0.1, -0.05) is 168 Å². The monoisotopic (exact) mass is 696 g/mol. The third-order valence-electron chi connectivity index (χ3n) is 11.5. The van der Waals surface area contributed by atoms with Crippen LogP contribution in [0.4, 0.5) is 0 Å². The minimum Gasteiger partial charge on any atom is -0.283 e. The average Bonchev–Trinajstić information content (AvgIpc) is 3.58. The fraction of sp³-hybridized carbons (Fsp3) is 0.262. The van der Waals surface area contributed by atoms with Crippen LogP contribution in [0.3, 0.4) is 0 Å². The molecule has 3 heterocycles. The molecule has 2 nitrogen and oxygen atoms in total. The molecule has 8 rings (SSSR count). The van der Waals surface area contributed by atoms with E-state index in [9.17, 15) is 0 Å². The van der Waals surface area contributed by atoms with E-state index in [2.05, 4.69) is 168 Å². The molecule has 1 aliphatic rings. The molecule has 0 N–H and O–H groups in total. The van der Waals surface area contributed by atoms with Crippen molar-refractivity contribution in [3.8, 4) is 11.1 Å². The zero-order valence-electron chi connectivity index (χ0n) is 29.5. The van der Waals surface area contributed by atoms with Crippen LogP contribution >= 0.6 is 23.1 Å². The second kappa shape index (κ2) is 10.8. The van der Waals surface area contributed by atoms with Gasteiger partial charge in [-0.05, 0) is 61.8 Å². The number of benzene rings is 5. The van der Waals surface area contributed by atoms with Crippen LogP contribution in [-0.4, -0.2) is 25.5 Å². The molecule has 48 heavy (non-hydrogen) atoms. The molecule has 1 aliphatic heterocycles. The molecule has 6 heteroatoms. The first-order chi connectivity index (χ1) is 22.7. The highest BCUT2D eigenvalue weighted by Crippen LogP contribution is 2.46. The Kier molecular flexibility index (Phi) is 7.15. The van der Waals surface area contributed by atoms with E-state index >= 15 is 0 Å². The highest BCUT2D eigenvalue weighted by Gasteiger charge is 2.47. The number of hydrogen-bond donors (Lipinski definition) is 0. The molecule has 0 bridgehead atoms. The van der Waals surface area contributed by atoms with Crippen molar-refractivity contribution >= 4 is 81.0 Å². The first-order valence-electron chi connectivity index (χ1n) is 17.1. The summed E-state index contributed by atoms with van der Waals surface area (Å²) in [5.74, 6) is 0. The van der Waals surface area contributed by atoms with Crippen LogP contribution in [0.5, 0.6) is 0 Å². The van der Waals surface area contributed by atoms with Crippen molar-refractivity contribution in [1.82, 2.24) is 9.38 Å². The highest BCUT2D eigenvalue weighted by atomic mass is 32.2. The normalized spacial score (nSPS) is 15.9. The van der Waals surface area contributed by atoms with E-state index in [4.69, 9.17) is 4.98 Å². The number of thiazole rings is 1. The molecular formula is C42H44N2S2Si2. The maximum Gasteiger partial charge on any atom is 0.195 e. The Bertz CT molecular complexity index is 2400. The fourth-order valence-corrected chi connectivity index (χ4v) is 17.6. The molecule has 0 unspecified atom stereocenters. The summed E-state index contributed by atoms with van der Waals surface area (Å²) in [7, 11) is -4.08. The fourth-order valence-electron chi connectivity index (χ4n) is 7.87. The highest BCUT2D eigenvalue weighted by molar-refractivity contribution is 8.00. The predicted molar refractivity (Wildman–Crippen MR) is 216 cm³/mol. The van der Waals surface area contributed by atoms with Crippen molar-refractivity contribution in [3.05, 3.63) is 114 Å². The van der Waals surface area contributed by atoms with Crippen LogP contribution in [0.25, 0.3) is 37.3 Å². The summed E-state index contributed by atoms with van der Waals surface area (Å²) in [4.78, 5) is 9.03. The number of aromatic nitrogens is 2. The SMILES string of the molecule is CC(C)(C)c1ccc([Si](C)(C)c2cccc3c2Sc2ccccc2C(C)(C)[Si]3(C)C)cc1-c1cccc2c1sc1nc3ccccc3n12. The third-order valence-corrected chi connectivity index (χ3v) is 22.8. The first-order valence-corrected chi connectivity index (χ1v) is 24.7. The lowest BCUT2D eigenvalue weighted by Crippen LogP contribution is -2.60. The van der Waals surface area contributed by atoms with Gasteiger partial charge in [-0.2, -0.15) is 0 Å². The van der Waals surface area contributed by atoms with Crippen molar-refractivity contribution in [2.75, 3.05) is 0 Å². The smallest absolute Gasteiger partial charge is 0.195 e. The van der Waals surface area contributed by atoms with E-state index in [1.54, 1.807) is 10.4 Å². The first kappa shape index (κ1) is 31.8. The van der Waals surface area contributed by atoms with Crippen LogP contribution in [0, 0.1) is 0 Å². The Morgan fingerprint density at radius 3 is 2.27 bits per heavy atom. The molecule has 7 aromatic rings.